The number of ether oxygens (including phenoxy) is 2. The summed E-state index contributed by atoms with van der Waals surface area (Å²) < 4.78 is 11.2. The van der Waals surface area contributed by atoms with Crippen molar-refractivity contribution < 1.29 is 14.3 Å². The number of carbonyl (C=O) groups excluding carboxylic acids is 1. The molecule has 0 aliphatic carbocycles. The van der Waals surface area contributed by atoms with Crippen LogP contribution in [0.5, 0.6) is 11.5 Å². The predicted molar refractivity (Wildman–Crippen MR) is 120 cm³/mol. The summed E-state index contributed by atoms with van der Waals surface area (Å²) in [5, 5.41) is 2.86. The molecule has 1 heterocycles. The number of aromatic nitrogens is 1. The molecule has 0 fully saturated rings. The minimum atomic E-state index is 0.0316. The Bertz CT molecular complexity index is 969. The largest absolute Gasteiger partial charge is 0.493 e. The zero-order valence-corrected chi connectivity index (χ0v) is 18.7. The number of aryl methyl sites for hydroxylation is 1. The van der Waals surface area contributed by atoms with Crippen LogP contribution in [0.4, 0.5) is 0 Å². The number of nitrogens with zero attached hydrogens (tertiary/aromatic N) is 2. The van der Waals surface area contributed by atoms with E-state index in [0.717, 1.165) is 22.7 Å². The number of hydrogen-bond acceptors (Lipinski definition) is 5. The van der Waals surface area contributed by atoms with Gasteiger partial charge in [-0.05, 0) is 44.5 Å². The summed E-state index contributed by atoms with van der Waals surface area (Å²) in [7, 11) is 1.62. The van der Waals surface area contributed by atoms with Gasteiger partial charge in [-0.1, -0.05) is 36.8 Å². The highest BCUT2D eigenvalue weighted by Gasteiger charge is 2.22. The van der Waals surface area contributed by atoms with Gasteiger partial charge in [0.1, 0.15) is 11.6 Å². The average molecular weight is 425 g/mol. The predicted octanol–water partition coefficient (Wildman–Crippen LogP) is 5.48. The first kappa shape index (κ1) is 21.8. The third-order valence-corrected chi connectivity index (χ3v) is 5.91. The Morgan fingerprint density at radius 3 is 2.50 bits per heavy atom. The summed E-state index contributed by atoms with van der Waals surface area (Å²) in [6, 6.07) is 15.4. The third-order valence-electron chi connectivity index (χ3n) is 5.03. The molecule has 0 saturated heterocycles. The van der Waals surface area contributed by atoms with E-state index in [1.165, 1.54) is 11.3 Å². The van der Waals surface area contributed by atoms with Gasteiger partial charge in [0.25, 0.3) is 5.91 Å². The second-order valence-corrected chi connectivity index (χ2v) is 8.17. The van der Waals surface area contributed by atoms with E-state index in [2.05, 4.69) is 18.8 Å². The van der Waals surface area contributed by atoms with Crippen LogP contribution in [0.25, 0.3) is 0 Å². The fourth-order valence-corrected chi connectivity index (χ4v) is 3.75. The molecule has 5 nitrogen and oxygen atoms in total. The van der Waals surface area contributed by atoms with Crippen molar-refractivity contribution in [3.63, 3.8) is 0 Å². The van der Waals surface area contributed by atoms with E-state index >= 15 is 0 Å². The number of thiazole rings is 1. The van der Waals surface area contributed by atoms with Gasteiger partial charge in [-0.3, -0.25) is 4.79 Å². The van der Waals surface area contributed by atoms with E-state index in [1.54, 1.807) is 7.11 Å². The molecule has 3 aromatic rings. The maximum atomic E-state index is 13.1. The average Bonchev–Trinajstić information content (AvgIpc) is 3.23. The molecule has 2 aromatic carbocycles. The first-order chi connectivity index (χ1) is 14.5. The molecule has 0 unspecified atom stereocenters. The van der Waals surface area contributed by atoms with Crippen LogP contribution < -0.4 is 9.47 Å². The van der Waals surface area contributed by atoms with Crippen LogP contribution >= 0.6 is 11.3 Å². The van der Waals surface area contributed by atoms with E-state index in [9.17, 15) is 4.79 Å². The van der Waals surface area contributed by atoms with E-state index < -0.39 is 0 Å². The van der Waals surface area contributed by atoms with E-state index in [4.69, 9.17) is 9.47 Å². The third kappa shape index (κ3) is 5.39. The Kier molecular flexibility index (Phi) is 7.46. The van der Waals surface area contributed by atoms with Crippen LogP contribution in [-0.4, -0.2) is 28.9 Å². The Balaban J connectivity index is 1.69. The first-order valence-corrected chi connectivity index (χ1v) is 11.0. The minimum absolute atomic E-state index is 0.0316. The van der Waals surface area contributed by atoms with Gasteiger partial charge in [0.05, 0.1) is 19.3 Å². The lowest BCUT2D eigenvalue weighted by Crippen LogP contribution is -2.37. The molecule has 158 valence electrons. The fraction of sp³-hybridized carbons (Fsp3) is 0.333. The maximum absolute atomic E-state index is 13.1. The Labute approximate surface area is 182 Å². The quantitative estimate of drug-likeness (QED) is 0.456. The van der Waals surface area contributed by atoms with Crippen molar-refractivity contribution in [2.45, 2.75) is 46.4 Å². The van der Waals surface area contributed by atoms with Gasteiger partial charge < -0.3 is 14.4 Å². The minimum Gasteiger partial charge on any atom is -0.493 e. The molecule has 0 aliphatic heterocycles. The topological polar surface area (TPSA) is 51.7 Å². The van der Waals surface area contributed by atoms with Crippen molar-refractivity contribution in [1.29, 1.82) is 0 Å². The smallest absolute Gasteiger partial charge is 0.254 e. The molecule has 0 saturated carbocycles. The van der Waals surface area contributed by atoms with Gasteiger partial charge in [0, 0.05) is 17.0 Å². The standard InChI is InChI=1S/C24H28N2O3S/c1-5-18(3)26(24(27)19-12-10-17(2)11-13-19)14-20-16-30-23(25-20)15-29-22-9-7-6-8-21(22)28-4/h6-13,16,18H,5,14-15H2,1-4H3/t18-/m0/s1. The zero-order valence-electron chi connectivity index (χ0n) is 17.9. The summed E-state index contributed by atoms with van der Waals surface area (Å²) in [5.41, 5.74) is 2.72. The highest BCUT2D eigenvalue weighted by molar-refractivity contribution is 7.09. The zero-order chi connectivity index (χ0) is 21.5. The monoisotopic (exact) mass is 424 g/mol. The normalized spacial score (nSPS) is 11.7. The summed E-state index contributed by atoms with van der Waals surface area (Å²) >= 11 is 1.54. The molecule has 0 spiro atoms. The van der Waals surface area contributed by atoms with Gasteiger partial charge in [-0.25, -0.2) is 4.98 Å². The van der Waals surface area contributed by atoms with Crippen molar-refractivity contribution in [3.8, 4) is 11.5 Å². The molecule has 6 heteroatoms. The van der Waals surface area contributed by atoms with Crippen LogP contribution in [0.15, 0.2) is 53.9 Å². The van der Waals surface area contributed by atoms with Crippen molar-refractivity contribution in [2.24, 2.45) is 0 Å². The van der Waals surface area contributed by atoms with E-state index in [1.807, 2.05) is 65.7 Å². The van der Waals surface area contributed by atoms with Crippen molar-refractivity contribution in [2.75, 3.05) is 7.11 Å². The molecule has 0 bridgehead atoms. The van der Waals surface area contributed by atoms with Gasteiger partial charge in [0.15, 0.2) is 11.5 Å². The van der Waals surface area contributed by atoms with Crippen LogP contribution in [0.2, 0.25) is 0 Å². The summed E-state index contributed by atoms with van der Waals surface area (Å²) in [4.78, 5) is 19.7. The van der Waals surface area contributed by atoms with Crippen LogP contribution in [-0.2, 0) is 13.2 Å². The number of rotatable bonds is 9. The second kappa shape index (κ2) is 10.3. The molecule has 1 amide bonds. The second-order valence-electron chi connectivity index (χ2n) is 7.23. The molecule has 0 N–H and O–H groups in total. The summed E-state index contributed by atoms with van der Waals surface area (Å²) in [6.45, 7) is 7.02. The van der Waals surface area contributed by atoms with Gasteiger partial charge in [-0.2, -0.15) is 0 Å². The molecule has 0 radical (unpaired) electrons. The number of carbonyl (C=O) groups is 1. The number of benzene rings is 2. The van der Waals surface area contributed by atoms with E-state index in [-0.39, 0.29) is 11.9 Å². The number of hydrogen-bond donors (Lipinski definition) is 0. The maximum Gasteiger partial charge on any atom is 0.254 e. The molecule has 30 heavy (non-hydrogen) atoms. The molecule has 3 rings (SSSR count). The van der Waals surface area contributed by atoms with Gasteiger partial charge in [0.2, 0.25) is 0 Å². The summed E-state index contributed by atoms with van der Waals surface area (Å²) in [5.74, 6) is 1.41. The molecule has 1 atom stereocenters. The van der Waals surface area contributed by atoms with Crippen LogP contribution in [0.3, 0.4) is 0 Å². The lowest BCUT2D eigenvalue weighted by Gasteiger charge is -2.28. The Hall–Kier alpha value is -2.86. The van der Waals surface area contributed by atoms with E-state index in [0.29, 0.717) is 30.2 Å². The number of methoxy groups -OCH3 is 1. The molecule has 0 aliphatic rings. The first-order valence-electron chi connectivity index (χ1n) is 10.1. The number of amides is 1. The highest BCUT2D eigenvalue weighted by Crippen LogP contribution is 2.27. The molecular weight excluding hydrogens is 396 g/mol. The molecular formula is C24H28N2O3S. The van der Waals surface area contributed by atoms with Crippen LogP contribution in [0, 0.1) is 6.92 Å². The van der Waals surface area contributed by atoms with Crippen molar-refractivity contribution in [1.82, 2.24) is 9.88 Å². The summed E-state index contributed by atoms with van der Waals surface area (Å²) in [6.07, 6.45) is 0.880. The van der Waals surface area contributed by atoms with Gasteiger partial charge in [-0.15, -0.1) is 11.3 Å². The lowest BCUT2D eigenvalue weighted by atomic mass is 10.1. The lowest BCUT2D eigenvalue weighted by molar-refractivity contribution is 0.0669. The fourth-order valence-electron chi connectivity index (χ4n) is 3.05. The van der Waals surface area contributed by atoms with Gasteiger partial charge >= 0.3 is 0 Å². The Morgan fingerprint density at radius 2 is 1.83 bits per heavy atom. The van der Waals surface area contributed by atoms with Crippen molar-refractivity contribution in [3.05, 3.63) is 75.7 Å². The van der Waals surface area contributed by atoms with Crippen molar-refractivity contribution >= 4 is 17.2 Å². The van der Waals surface area contributed by atoms with Crippen LogP contribution in [0.1, 0.15) is 46.9 Å². The molecule has 1 aromatic heterocycles. The SMILES string of the molecule is CC[C@H](C)N(Cc1csc(COc2ccccc2OC)n1)C(=O)c1ccc(C)cc1. The highest BCUT2D eigenvalue weighted by atomic mass is 32.1. The Morgan fingerprint density at radius 1 is 1.13 bits per heavy atom. The number of para-hydroxylation sites is 2.